The maximum atomic E-state index is 12.6. The fraction of sp³-hybridized carbons (Fsp3) is 0.952. The average Bonchev–Trinajstić information content (AvgIpc) is 2.74. The minimum atomic E-state index is -0.338. The van der Waals surface area contributed by atoms with Crippen LogP contribution >= 0.6 is 0 Å². The lowest BCUT2D eigenvalue weighted by Crippen LogP contribution is -2.60. The number of hydrogen-bond acceptors (Lipinski definition) is 3. The Kier molecular flexibility index (Phi) is 3.67. The highest BCUT2D eigenvalue weighted by Gasteiger charge is 2.68. The molecule has 24 heavy (non-hydrogen) atoms. The molecule has 136 valence electrons. The van der Waals surface area contributed by atoms with Crippen LogP contribution in [-0.2, 0) is 9.53 Å². The summed E-state index contributed by atoms with van der Waals surface area (Å²) in [5.74, 6) is 2.13. The molecule has 2 unspecified atom stereocenters. The predicted octanol–water partition coefficient (Wildman–Crippen LogP) is 4.18. The van der Waals surface area contributed by atoms with Crippen molar-refractivity contribution in [3.8, 4) is 0 Å². The van der Waals surface area contributed by atoms with E-state index in [1.807, 2.05) is 0 Å². The maximum absolute atomic E-state index is 12.6. The van der Waals surface area contributed by atoms with Gasteiger partial charge in [-0.15, -0.1) is 0 Å². The van der Waals surface area contributed by atoms with Crippen LogP contribution in [0.2, 0.25) is 0 Å². The molecule has 4 aliphatic rings. The van der Waals surface area contributed by atoms with Gasteiger partial charge in [0.15, 0.2) is 0 Å². The van der Waals surface area contributed by atoms with Gasteiger partial charge >= 0.3 is 5.97 Å². The van der Waals surface area contributed by atoms with Crippen LogP contribution in [0.15, 0.2) is 0 Å². The summed E-state index contributed by atoms with van der Waals surface area (Å²) in [5, 5.41) is 11.2. The van der Waals surface area contributed by atoms with Crippen molar-refractivity contribution in [1.29, 1.82) is 0 Å². The zero-order chi connectivity index (χ0) is 17.3. The lowest BCUT2D eigenvalue weighted by Gasteiger charge is -2.64. The molecule has 3 nitrogen and oxygen atoms in total. The Morgan fingerprint density at radius 1 is 1.08 bits per heavy atom. The topological polar surface area (TPSA) is 46.5 Å². The molecule has 2 bridgehead atoms. The van der Waals surface area contributed by atoms with E-state index in [2.05, 4.69) is 20.8 Å². The number of ether oxygens (including phenoxy) is 1. The molecule has 0 aromatic carbocycles. The molecule has 0 aromatic heterocycles. The second-order valence-electron chi connectivity index (χ2n) is 9.99. The van der Waals surface area contributed by atoms with Gasteiger partial charge in [0.25, 0.3) is 0 Å². The normalized spacial score (nSPS) is 56.3. The van der Waals surface area contributed by atoms with Crippen LogP contribution in [0.4, 0.5) is 0 Å². The highest BCUT2D eigenvalue weighted by atomic mass is 16.5. The Morgan fingerprint density at radius 2 is 1.83 bits per heavy atom. The third-order valence-corrected chi connectivity index (χ3v) is 9.32. The van der Waals surface area contributed by atoms with Gasteiger partial charge in [0.2, 0.25) is 0 Å². The molecule has 4 aliphatic carbocycles. The van der Waals surface area contributed by atoms with Crippen LogP contribution in [-0.4, -0.2) is 24.3 Å². The molecular weight excluding hydrogens is 300 g/mol. The predicted molar refractivity (Wildman–Crippen MR) is 93.2 cm³/mol. The summed E-state index contributed by atoms with van der Waals surface area (Å²) in [6, 6.07) is 0. The van der Waals surface area contributed by atoms with Crippen LogP contribution in [0.25, 0.3) is 0 Å². The van der Waals surface area contributed by atoms with Crippen molar-refractivity contribution in [3.63, 3.8) is 0 Å². The van der Waals surface area contributed by atoms with Gasteiger partial charge in [0.05, 0.1) is 18.6 Å². The molecule has 1 N–H and O–H groups in total. The fourth-order valence-electron chi connectivity index (χ4n) is 8.24. The van der Waals surface area contributed by atoms with Crippen LogP contribution in [0.1, 0.15) is 72.1 Å². The average molecular weight is 334 g/mol. The number of hydrogen-bond donors (Lipinski definition) is 1. The Morgan fingerprint density at radius 3 is 2.54 bits per heavy atom. The van der Waals surface area contributed by atoms with E-state index in [0.29, 0.717) is 23.7 Å². The van der Waals surface area contributed by atoms with Crippen molar-refractivity contribution in [2.24, 2.45) is 39.9 Å². The van der Waals surface area contributed by atoms with E-state index < -0.39 is 0 Å². The second-order valence-corrected chi connectivity index (χ2v) is 9.99. The molecule has 4 fully saturated rings. The van der Waals surface area contributed by atoms with Crippen molar-refractivity contribution >= 4 is 5.97 Å². The molecule has 0 aromatic rings. The van der Waals surface area contributed by atoms with Gasteiger partial charge in [-0.2, -0.15) is 0 Å². The van der Waals surface area contributed by atoms with Gasteiger partial charge in [-0.3, -0.25) is 4.79 Å². The van der Waals surface area contributed by atoms with Gasteiger partial charge in [-0.25, -0.2) is 0 Å². The minimum Gasteiger partial charge on any atom is -0.469 e. The first-order valence-electron chi connectivity index (χ1n) is 10.1. The molecule has 0 aliphatic heterocycles. The van der Waals surface area contributed by atoms with Crippen molar-refractivity contribution < 1.29 is 14.6 Å². The summed E-state index contributed by atoms with van der Waals surface area (Å²) < 4.78 is 5.23. The molecule has 1 spiro atoms. The van der Waals surface area contributed by atoms with E-state index in [1.54, 1.807) is 0 Å². The quantitative estimate of drug-likeness (QED) is 0.732. The zero-order valence-electron chi connectivity index (χ0n) is 15.8. The van der Waals surface area contributed by atoms with Gasteiger partial charge in [0.1, 0.15) is 0 Å². The van der Waals surface area contributed by atoms with E-state index in [1.165, 1.54) is 32.8 Å². The van der Waals surface area contributed by atoms with Gasteiger partial charge in [-0.1, -0.05) is 20.3 Å². The van der Waals surface area contributed by atoms with Crippen LogP contribution in [0.3, 0.4) is 0 Å². The largest absolute Gasteiger partial charge is 0.469 e. The summed E-state index contributed by atoms with van der Waals surface area (Å²) in [6.45, 7) is 6.86. The van der Waals surface area contributed by atoms with E-state index in [9.17, 15) is 9.90 Å². The Labute approximate surface area is 146 Å². The summed E-state index contributed by atoms with van der Waals surface area (Å²) in [5.41, 5.74) is -0.0349. The van der Waals surface area contributed by atoms with Gasteiger partial charge < -0.3 is 9.84 Å². The number of aliphatic hydroxyl groups is 1. The minimum absolute atomic E-state index is 0.0107. The number of fused-ring (bicyclic) bond motifs is 3. The third-order valence-electron chi connectivity index (χ3n) is 9.32. The van der Waals surface area contributed by atoms with Crippen molar-refractivity contribution in [2.45, 2.75) is 78.2 Å². The summed E-state index contributed by atoms with van der Waals surface area (Å²) >= 11 is 0. The molecule has 4 rings (SSSR count). The third kappa shape index (κ3) is 1.86. The fourth-order valence-corrected chi connectivity index (χ4v) is 8.24. The molecule has 0 heterocycles. The zero-order valence-corrected chi connectivity index (χ0v) is 15.8. The highest BCUT2D eigenvalue weighted by molar-refractivity contribution is 5.77. The molecule has 0 saturated heterocycles. The smallest absolute Gasteiger partial charge is 0.311 e. The molecule has 4 saturated carbocycles. The number of rotatable bonds is 1. The lowest BCUT2D eigenvalue weighted by atomic mass is 9.40. The first-order valence-corrected chi connectivity index (χ1v) is 10.1. The SMILES string of the molecule is COC(=O)[C@]1(C)CCC[C@@]2(C)[C@@H]3CC[C@@H]4C[C@@]3(CC[C@@H]21)C(O)C4C. The number of carbonyl (C=O) groups excluding carboxylic acids is 1. The Balaban J connectivity index is 1.74. The van der Waals surface area contributed by atoms with E-state index in [0.717, 1.165) is 25.7 Å². The maximum Gasteiger partial charge on any atom is 0.311 e. The molecular formula is C21H34O3. The number of methoxy groups -OCH3 is 1. The van der Waals surface area contributed by atoms with Crippen LogP contribution in [0, 0.1) is 39.9 Å². The first kappa shape index (κ1) is 16.9. The van der Waals surface area contributed by atoms with E-state index in [4.69, 9.17) is 4.74 Å². The number of aliphatic hydroxyl groups excluding tert-OH is 1. The second kappa shape index (κ2) is 5.22. The number of carbonyl (C=O) groups is 1. The molecule has 0 amide bonds. The summed E-state index contributed by atoms with van der Waals surface area (Å²) in [7, 11) is 1.54. The molecule has 0 radical (unpaired) electrons. The molecule has 3 heteroatoms. The van der Waals surface area contributed by atoms with Gasteiger partial charge in [0, 0.05) is 5.41 Å². The standard InChI is InChI=1S/C21H34O3/c1-13-14-6-7-16-19(2)9-5-10-20(3,18(23)24-4)15(19)8-11-21(16,12-14)17(13)22/h13-17,22H,5-12H2,1-4H3/t13?,14-,15+,16+,17?,19-,20-,21-/m1/s1. The summed E-state index contributed by atoms with van der Waals surface area (Å²) in [6.07, 6.45) is 9.06. The van der Waals surface area contributed by atoms with Crippen molar-refractivity contribution in [2.75, 3.05) is 7.11 Å². The van der Waals surface area contributed by atoms with E-state index >= 15 is 0 Å². The Hall–Kier alpha value is -0.570. The molecule has 8 atom stereocenters. The monoisotopic (exact) mass is 334 g/mol. The lowest BCUT2D eigenvalue weighted by molar-refractivity contribution is -0.193. The Bertz CT molecular complexity index is 545. The van der Waals surface area contributed by atoms with E-state index in [-0.39, 0.29) is 28.3 Å². The van der Waals surface area contributed by atoms with Gasteiger partial charge in [-0.05, 0) is 81.0 Å². The van der Waals surface area contributed by atoms with Crippen molar-refractivity contribution in [3.05, 3.63) is 0 Å². The van der Waals surface area contributed by atoms with Crippen LogP contribution in [0.5, 0.6) is 0 Å². The first-order chi connectivity index (χ1) is 11.3. The van der Waals surface area contributed by atoms with Crippen molar-refractivity contribution in [1.82, 2.24) is 0 Å². The number of esters is 1. The summed E-state index contributed by atoms with van der Waals surface area (Å²) in [4.78, 5) is 12.6. The highest BCUT2D eigenvalue weighted by Crippen LogP contribution is 2.72. The van der Waals surface area contributed by atoms with Crippen LogP contribution < -0.4 is 0 Å².